The van der Waals surface area contributed by atoms with Crippen molar-refractivity contribution in [3.05, 3.63) is 0 Å². The van der Waals surface area contributed by atoms with Gasteiger partial charge in [-0.2, -0.15) is 0 Å². The molecule has 0 spiro atoms. The van der Waals surface area contributed by atoms with Crippen molar-refractivity contribution < 1.29 is 0 Å². The summed E-state index contributed by atoms with van der Waals surface area (Å²) in [6.07, 6.45) is 2.73. The summed E-state index contributed by atoms with van der Waals surface area (Å²) in [5, 5.41) is 3.59. The van der Waals surface area contributed by atoms with E-state index in [4.69, 9.17) is 0 Å². The minimum Gasteiger partial charge on any atom is -0.317 e. The van der Waals surface area contributed by atoms with Gasteiger partial charge in [0.2, 0.25) is 0 Å². The maximum Gasteiger partial charge on any atom is 0.0194 e. The monoisotopic (exact) mass is 283 g/mol. The van der Waals surface area contributed by atoms with Crippen LogP contribution in [0.5, 0.6) is 0 Å². The van der Waals surface area contributed by atoms with Crippen molar-refractivity contribution >= 4 is 0 Å². The summed E-state index contributed by atoms with van der Waals surface area (Å²) in [6, 6.07) is 1.33. The van der Waals surface area contributed by atoms with E-state index in [0.717, 1.165) is 30.8 Å². The summed E-state index contributed by atoms with van der Waals surface area (Å²) >= 11 is 0. The average Bonchev–Trinajstić information content (AvgIpc) is 2.36. The van der Waals surface area contributed by atoms with Crippen molar-refractivity contribution in [2.45, 2.75) is 52.6 Å². The largest absolute Gasteiger partial charge is 0.317 e. The van der Waals surface area contributed by atoms with Crippen molar-refractivity contribution in [2.24, 2.45) is 17.8 Å². The molecule has 5 unspecified atom stereocenters. The second kappa shape index (κ2) is 8.35. The molecule has 1 saturated carbocycles. The molecule has 3 heteroatoms. The molecule has 1 aliphatic carbocycles. The van der Waals surface area contributed by atoms with Gasteiger partial charge < -0.3 is 10.2 Å². The highest BCUT2D eigenvalue weighted by Crippen LogP contribution is 2.34. The van der Waals surface area contributed by atoms with Crippen LogP contribution in [0.4, 0.5) is 0 Å². The first-order valence-electron chi connectivity index (χ1n) is 8.45. The van der Waals surface area contributed by atoms with Crippen molar-refractivity contribution in [1.82, 2.24) is 15.1 Å². The van der Waals surface area contributed by atoms with Crippen molar-refractivity contribution in [3.8, 4) is 0 Å². The summed E-state index contributed by atoms with van der Waals surface area (Å²) in [5.74, 6) is 2.49. The van der Waals surface area contributed by atoms with Gasteiger partial charge in [0, 0.05) is 25.2 Å². The molecule has 1 fully saturated rings. The van der Waals surface area contributed by atoms with Crippen molar-refractivity contribution in [2.75, 3.05) is 40.8 Å². The van der Waals surface area contributed by atoms with Crippen LogP contribution < -0.4 is 5.32 Å². The predicted molar refractivity (Wildman–Crippen MR) is 89.2 cm³/mol. The quantitative estimate of drug-likeness (QED) is 0.774. The first kappa shape index (κ1) is 17.9. The van der Waals surface area contributed by atoms with Crippen LogP contribution in [0.25, 0.3) is 0 Å². The van der Waals surface area contributed by atoms with Gasteiger partial charge in [-0.05, 0) is 65.2 Å². The Balaban J connectivity index is 2.66. The Morgan fingerprint density at radius 3 is 2.35 bits per heavy atom. The summed E-state index contributed by atoms with van der Waals surface area (Å²) < 4.78 is 0. The van der Waals surface area contributed by atoms with Crippen LogP contribution in [-0.4, -0.2) is 62.7 Å². The molecule has 0 aromatic rings. The zero-order valence-corrected chi connectivity index (χ0v) is 14.8. The number of nitrogens with zero attached hydrogens (tertiary/aromatic N) is 2. The fourth-order valence-electron chi connectivity index (χ4n) is 4.09. The Kier molecular flexibility index (Phi) is 7.49. The lowest BCUT2D eigenvalue weighted by molar-refractivity contribution is 0.0818. The van der Waals surface area contributed by atoms with Gasteiger partial charge in [-0.3, -0.25) is 4.90 Å². The molecule has 0 bridgehead atoms. The molecule has 5 atom stereocenters. The van der Waals surface area contributed by atoms with Crippen molar-refractivity contribution in [1.29, 1.82) is 0 Å². The lowest BCUT2D eigenvalue weighted by atomic mass is 9.72. The van der Waals surface area contributed by atoms with Gasteiger partial charge in [0.15, 0.2) is 0 Å². The highest BCUT2D eigenvalue weighted by atomic mass is 15.2. The number of hydrogen-bond donors (Lipinski definition) is 1. The molecule has 0 aliphatic heterocycles. The second-order valence-electron chi connectivity index (χ2n) is 7.31. The van der Waals surface area contributed by atoms with Gasteiger partial charge in [0.25, 0.3) is 0 Å². The van der Waals surface area contributed by atoms with Crippen LogP contribution >= 0.6 is 0 Å². The van der Waals surface area contributed by atoms with E-state index in [0.29, 0.717) is 12.1 Å². The van der Waals surface area contributed by atoms with E-state index in [-0.39, 0.29) is 0 Å². The number of nitrogens with one attached hydrogen (secondary N) is 1. The molecular formula is C17H37N3. The van der Waals surface area contributed by atoms with E-state index in [1.807, 2.05) is 0 Å². The summed E-state index contributed by atoms with van der Waals surface area (Å²) in [7, 11) is 6.49. The zero-order valence-electron chi connectivity index (χ0n) is 14.8. The molecule has 20 heavy (non-hydrogen) atoms. The molecule has 0 aromatic heterocycles. The van der Waals surface area contributed by atoms with E-state index in [1.54, 1.807) is 0 Å². The number of rotatable bonds is 7. The van der Waals surface area contributed by atoms with Gasteiger partial charge in [0.1, 0.15) is 0 Å². The van der Waals surface area contributed by atoms with Crippen molar-refractivity contribution in [3.63, 3.8) is 0 Å². The van der Waals surface area contributed by atoms with Gasteiger partial charge in [-0.25, -0.2) is 0 Å². The fourth-order valence-corrected chi connectivity index (χ4v) is 4.09. The minimum atomic E-state index is 0.638. The first-order chi connectivity index (χ1) is 9.38. The lowest BCUT2D eigenvalue weighted by Gasteiger charge is -2.43. The predicted octanol–water partition coefficient (Wildman–Crippen LogP) is 2.53. The third kappa shape index (κ3) is 5.01. The third-order valence-electron chi connectivity index (χ3n) is 5.15. The zero-order chi connectivity index (χ0) is 15.3. The molecule has 120 valence electrons. The molecule has 0 saturated heterocycles. The van der Waals surface area contributed by atoms with Gasteiger partial charge in [-0.15, -0.1) is 0 Å². The summed E-state index contributed by atoms with van der Waals surface area (Å²) in [5.41, 5.74) is 0. The van der Waals surface area contributed by atoms with Gasteiger partial charge in [-0.1, -0.05) is 20.8 Å². The standard InChI is InChI=1S/C17H37N3/c1-8-20(15(4)11-19(6)7)12-16-14(3)9-13(2)10-17(16)18-5/h13-18H,8-12H2,1-7H3. The second-order valence-corrected chi connectivity index (χ2v) is 7.31. The molecule has 1 rings (SSSR count). The first-order valence-corrected chi connectivity index (χ1v) is 8.45. The molecule has 0 heterocycles. The summed E-state index contributed by atoms with van der Waals surface area (Å²) in [4.78, 5) is 4.97. The molecule has 0 aromatic carbocycles. The van der Waals surface area contributed by atoms with Crippen LogP contribution in [0, 0.1) is 17.8 Å². The third-order valence-corrected chi connectivity index (χ3v) is 5.15. The molecule has 1 aliphatic rings. The smallest absolute Gasteiger partial charge is 0.0194 e. The average molecular weight is 284 g/mol. The number of hydrogen-bond acceptors (Lipinski definition) is 3. The minimum absolute atomic E-state index is 0.638. The molecule has 0 amide bonds. The molecule has 3 nitrogen and oxygen atoms in total. The Morgan fingerprint density at radius 1 is 1.20 bits per heavy atom. The number of likely N-dealkylation sites (N-methyl/N-ethyl adjacent to an activating group) is 2. The van der Waals surface area contributed by atoms with E-state index < -0.39 is 0 Å². The van der Waals surface area contributed by atoms with Crippen LogP contribution in [0.3, 0.4) is 0 Å². The summed E-state index contributed by atoms with van der Waals surface area (Å²) in [6.45, 7) is 13.1. The lowest BCUT2D eigenvalue weighted by Crippen LogP contribution is -2.50. The van der Waals surface area contributed by atoms with Crippen LogP contribution in [0.1, 0.15) is 40.5 Å². The molecular weight excluding hydrogens is 246 g/mol. The van der Waals surface area contributed by atoms with Crippen LogP contribution in [-0.2, 0) is 0 Å². The van der Waals surface area contributed by atoms with Crippen LogP contribution in [0.15, 0.2) is 0 Å². The highest BCUT2D eigenvalue weighted by Gasteiger charge is 2.34. The van der Waals surface area contributed by atoms with E-state index >= 15 is 0 Å². The molecule has 0 radical (unpaired) electrons. The van der Waals surface area contributed by atoms with Gasteiger partial charge in [0.05, 0.1) is 0 Å². The Hall–Kier alpha value is -0.120. The molecule has 1 N–H and O–H groups in total. The Labute approximate surface area is 127 Å². The van der Waals surface area contributed by atoms with E-state index in [9.17, 15) is 0 Å². The SMILES string of the molecule is CCN(CC1C(C)CC(C)CC1NC)C(C)CN(C)C. The Bertz CT molecular complexity index is 267. The van der Waals surface area contributed by atoms with Crippen LogP contribution in [0.2, 0.25) is 0 Å². The highest BCUT2D eigenvalue weighted by molar-refractivity contribution is 4.89. The van der Waals surface area contributed by atoms with Gasteiger partial charge >= 0.3 is 0 Å². The topological polar surface area (TPSA) is 18.5 Å². The normalized spacial score (nSPS) is 32.9. The fraction of sp³-hybridized carbons (Fsp3) is 1.00. The van der Waals surface area contributed by atoms with E-state index in [2.05, 4.69) is 64.0 Å². The van der Waals surface area contributed by atoms with E-state index in [1.165, 1.54) is 19.4 Å². The maximum absolute atomic E-state index is 3.59. The Morgan fingerprint density at radius 2 is 1.85 bits per heavy atom. The maximum atomic E-state index is 3.59.